The van der Waals surface area contributed by atoms with Crippen molar-refractivity contribution in [1.29, 1.82) is 0 Å². The zero-order chi connectivity index (χ0) is 26.6. The van der Waals surface area contributed by atoms with Gasteiger partial charge in [0.05, 0.1) is 0 Å². The molecule has 0 aromatic heterocycles. The molecular weight excluding hydrogens is 466 g/mol. The van der Waals surface area contributed by atoms with Gasteiger partial charge >= 0.3 is 12.2 Å². The summed E-state index contributed by atoms with van der Waals surface area (Å²) in [5.41, 5.74) is 0.865. The van der Waals surface area contributed by atoms with Gasteiger partial charge in [0.15, 0.2) is 11.5 Å². The monoisotopic (exact) mass is 501 g/mol. The molecule has 0 unspecified atom stereocenters. The highest BCUT2D eigenvalue weighted by atomic mass is 16.6. The number of hydrogen-bond donors (Lipinski definition) is 5. The molecule has 3 amide bonds. The maximum atomic E-state index is 12.8. The van der Waals surface area contributed by atoms with Crippen LogP contribution in [0.5, 0.6) is 11.5 Å². The second-order valence-electron chi connectivity index (χ2n) is 9.19. The summed E-state index contributed by atoms with van der Waals surface area (Å²) in [6.07, 6.45) is -0.226. The first-order valence-corrected chi connectivity index (χ1v) is 11.8. The zero-order valence-electron chi connectivity index (χ0n) is 20.9. The maximum Gasteiger partial charge on any atom is 0.408 e. The standard InChI is InChI=1S/C26H35N3O7/c1-26(2,3)36-25(34)29-20(23(32)27-15-13-18-11-12-21(30)22(31)16-18)10-7-14-28-24(33)35-17-19-8-5-4-6-9-19/h4-6,8-9,11-12,16,20,30-31H,7,10,13-15,17H2,1-3H3,(H,27,32)(H,28,33)(H,29,34)/t20-/m0/s1. The van der Waals surface area contributed by atoms with E-state index in [1.165, 1.54) is 12.1 Å². The van der Waals surface area contributed by atoms with E-state index in [9.17, 15) is 24.6 Å². The molecule has 2 aromatic rings. The quantitative estimate of drug-likeness (QED) is 0.234. The van der Waals surface area contributed by atoms with Crippen LogP contribution in [0, 0.1) is 0 Å². The number of phenols is 2. The first-order chi connectivity index (χ1) is 17.0. The van der Waals surface area contributed by atoms with Crippen LogP contribution in [0.2, 0.25) is 0 Å². The summed E-state index contributed by atoms with van der Waals surface area (Å²) < 4.78 is 10.4. The summed E-state index contributed by atoms with van der Waals surface area (Å²) in [7, 11) is 0. The van der Waals surface area contributed by atoms with Gasteiger partial charge in [0, 0.05) is 13.1 Å². The number of aromatic hydroxyl groups is 2. The number of alkyl carbamates (subject to hydrolysis) is 2. The highest BCUT2D eigenvalue weighted by Crippen LogP contribution is 2.24. The summed E-state index contributed by atoms with van der Waals surface area (Å²) in [4.78, 5) is 36.9. The molecule has 0 aliphatic rings. The molecule has 0 spiro atoms. The van der Waals surface area contributed by atoms with E-state index in [1.54, 1.807) is 26.8 Å². The second kappa shape index (κ2) is 13.8. The number of nitrogens with one attached hydrogen (secondary N) is 3. The Morgan fingerprint density at radius 3 is 2.28 bits per heavy atom. The van der Waals surface area contributed by atoms with E-state index in [0.29, 0.717) is 12.8 Å². The van der Waals surface area contributed by atoms with E-state index >= 15 is 0 Å². The molecule has 0 bridgehead atoms. The smallest absolute Gasteiger partial charge is 0.408 e. The highest BCUT2D eigenvalue weighted by Gasteiger charge is 2.24. The van der Waals surface area contributed by atoms with Gasteiger partial charge in [0.2, 0.25) is 5.91 Å². The molecule has 0 saturated heterocycles. The number of carbonyl (C=O) groups is 3. The average Bonchev–Trinajstić information content (AvgIpc) is 2.81. The Morgan fingerprint density at radius 1 is 0.889 bits per heavy atom. The minimum absolute atomic E-state index is 0.150. The van der Waals surface area contributed by atoms with Crippen LogP contribution in [0.15, 0.2) is 48.5 Å². The fourth-order valence-corrected chi connectivity index (χ4v) is 3.17. The van der Waals surface area contributed by atoms with Crippen LogP contribution in [-0.2, 0) is 27.3 Å². The molecule has 0 saturated carbocycles. The van der Waals surface area contributed by atoms with Crippen LogP contribution in [-0.4, -0.2) is 53.0 Å². The molecule has 1 atom stereocenters. The summed E-state index contributed by atoms with van der Waals surface area (Å²) >= 11 is 0. The van der Waals surface area contributed by atoms with Gasteiger partial charge in [-0.3, -0.25) is 4.79 Å². The molecule has 0 radical (unpaired) electrons. The fourth-order valence-electron chi connectivity index (χ4n) is 3.17. The first-order valence-electron chi connectivity index (χ1n) is 11.8. The van der Waals surface area contributed by atoms with Gasteiger partial charge in [-0.15, -0.1) is 0 Å². The molecule has 2 aromatic carbocycles. The number of ether oxygens (including phenoxy) is 2. The van der Waals surface area contributed by atoms with Gasteiger partial charge in [-0.1, -0.05) is 36.4 Å². The molecule has 10 nitrogen and oxygen atoms in total. The summed E-state index contributed by atoms with van der Waals surface area (Å²) in [5, 5.41) is 27.0. The van der Waals surface area contributed by atoms with Crippen molar-refractivity contribution in [3.63, 3.8) is 0 Å². The predicted molar refractivity (Wildman–Crippen MR) is 134 cm³/mol. The van der Waals surface area contributed by atoms with E-state index in [2.05, 4.69) is 16.0 Å². The van der Waals surface area contributed by atoms with Crippen molar-refractivity contribution in [3.05, 3.63) is 59.7 Å². The third-order valence-corrected chi connectivity index (χ3v) is 4.91. The largest absolute Gasteiger partial charge is 0.504 e. The lowest BCUT2D eigenvalue weighted by Crippen LogP contribution is -2.48. The third-order valence-electron chi connectivity index (χ3n) is 4.91. The Bertz CT molecular complexity index is 1010. The number of carbonyl (C=O) groups excluding carboxylic acids is 3. The molecule has 5 N–H and O–H groups in total. The van der Waals surface area contributed by atoms with Crippen LogP contribution in [0.4, 0.5) is 9.59 Å². The Morgan fingerprint density at radius 2 is 1.61 bits per heavy atom. The molecule has 0 heterocycles. The van der Waals surface area contributed by atoms with Crippen LogP contribution in [0.3, 0.4) is 0 Å². The number of rotatable bonds is 11. The zero-order valence-corrected chi connectivity index (χ0v) is 20.9. The Kier molecular flexibility index (Phi) is 10.9. The van der Waals surface area contributed by atoms with Crippen LogP contribution in [0.1, 0.15) is 44.7 Å². The lowest BCUT2D eigenvalue weighted by molar-refractivity contribution is -0.123. The molecule has 196 valence electrons. The Balaban J connectivity index is 1.82. The average molecular weight is 502 g/mol. The summed E-state index contributed by atoms with van der Waals surface area (Å²) in [6.45, 7) is 5.82. The first kappa shape index (κ1) is 28.3. The summed E-state index contributed by atoms with van der Waals surface area (Å²) in [6, 6.07) is 12.8. The van der Waals surface area contributed by atoms with E-state index < -0.39 is 29.7 Å². The van der Waals surface area contributed by atoms with Crippen molar-refractivity contribution >= 4 is 18.1 Å². The van der Waals surface area contributed by atoms with Crippen molar-refractivity contribution in [3.8, 4) is 11.5 Å². The van der Waals surface area contributed by atoms with Gasteiger partial charge in [0.25, 0.3) is 0 Å². The fraction of sp³-hybridized carbons (Fsp3) is 0.423. The minimum atomic E-state index is -0.879. The maximum absolute atomic E-state index is 12.8. The van der Waals surface area contributed by atoms with Crippen molar-refractivity contribution < 1.29 is 34.1 Å². The molecule has 0 fully saturated rings. The molecular formula is C26H35N3O7. The lowest BCUT2D eigenvalue weighted by Gasteiger charge is -2.23. The van der Waals surface area contributed by atoms with Gasteiger partial charge < -0.3 is 35.6 Å². The summed E-state index contributed by atoms with van der Waals surface area (Å²) in [5.74, 6) is -0.865. The number of benzene rings is 2. The lowest BCUT2D eigenvalue weighted by atomic mass is 10.1. The molecule has 0 aliphatic heterocycles. The third kappa shape index (κ3) is 11.0. The normalized spacial score (nSPS) is 11.8. The van der Waals surface area contributed by atoms with Crippen LogP contribution in [0.25, 0.3) is 0 Å². The Hall–Kier alpha value is -3.95. The van der Waals surface area contributed by atoms with E-state index in [0.717, 1.165) is 11.1 Å². The molecule has 2 rings (SSSR count). The topological polar surface area (TPSA) is 146 Å². The van der Waals surface area contributed by atoms with Gasteiger partial charge in [-0.05, 0) is 63.3 Å². The molecule has 36 heavy (non-hydrogen) atoms. The highest BCUT2D eigenvalue weighted by molar-refractivity contribution is 5.85. The number of phenolic OH excluding ortho intramolecular Hbond substituents is 2. The predicted octanol–water partition coefficient (Wildman–Crippen LogP) is 3.36. The van der Waals surface area contributed by atoms with E-state index in [4.69, 9.17) is 9.47 Å². The second-order valence-corrected chi connectivity index (χ2v) is 9.19. The Labute approximate surface area is 211 Å². The van der Waals surface area contributed by atoms with Crippen LogP contribution >= 0.6 is 0 Å². The number of hydrogen-bond acceptors (Lipinski definition) is 7. The van der Waals surface area contributed by atoms with Gasteiger partial charge in [-0.2, -0.15) is 0 Å². The van der Waals surface area contributed by atoms with Crippen molar-refractivity contribution in [2.24, 2.45) is 0 Å². The van der Waals surface area contributed by atoms with Gasteiger partial charge in [-0.25, -0.2) is 9.59 Å². The number of amides is 3. The SMILES string of the molecule is CC(C)(C)OC(=O)N[C@@H](CCCNC(=O)OCc1ccccc1)C(=O)NCCc1ccc(O)c(O)c1. The van der Waals surface area contributed by atoms with Crippen LogP contribution < -0.4 is 16.0 Å². The minimum Gasteiger partial charge on any atom is -0.504 e. The van der Waals surface area contributed by atoms with E-state index in [1.807, 2.05) is 30.3 Å². The van der Waals surface area contributed by atoms with Crippen molar-refractivity contribution in [2.75, 3.05) is 13.1 Å². The molecule has 10 heteroatoms. The van der Waals surface area contributed by atoms with Gasteiger partial charge in [0.1, 0.15) is 18.2 Å². The van der Waals surface area contributed by atoms with Crippen molar-refractivity contribution in [2.45, 2.75) is 58.3 Å². The van der Waals surface area contributed by atoms with Crippen molar-refractivity contribution in [1.82, 2.24) is 16.0 Å². The van der Waals surface area contributed by atoms with E-state index in [-0.39, 0.29) is 37.6 Å². The molecule has 0 aliphatic carbocycles.